The van der Waals surface area contributed by atoms with Gasteiger partial charge in [-0.3, -0.25) is 0 Å². The summed E-state index contributed by atoms with van der Waals surface area (Å²) in [6.07, 6.45) is 2.29. The summed E-state index contributed by atoms with van der Waals surface area (Å²) >= 11 is 0. The van der Waals surface area contributed by atoms with E-state index in [1.165, 1.54) is 6.42 Å². The van der Waals surface area contributed by atoms with Crippen molar-refractivity contribution in [1.82, 2.24) is 0 Å². The minimum absolute atomic E-state index is 0.0661. The van der Waals surface area contributed by atoms with Crippen molar-refractivity contribution in [3.05, 3.63) is 30.3 Å². The van der Waals surface area contributed by atoms with E-state index in [1.54, 1.807) is 12.1 Å². The van der Waals surface area contributed by atoms with E-state index >= 15 is 0 Å². The van der Waals surface area contributed by atoms with Gasteiger partial charge in [0.15, 0.2) is 9.84 Å². The Kier molecular flexibility index (Phi) is 1.58. The molecule has 3 heteroatoms. The summed E-state index contributed by atoms with van der Waals surface area (Å²) in [6, 6.07) is 9.07. The fourth-order valence-electron chi connectivity index (χ4n) is 5.79. The lowest BCUT2D eigenvalue weighted by molar-refractivity contribution is 0.440. The molecule has 94 valence electrons. The fourth-order valence-corrected chi connectivity index (χ4v) is 7.95. The molecule has 0 saturated heterocycles. The third-order valence-corrected chi connectivity index (χ3v) is 8.46. The van der Waals surface area contributed by atoms with Crippen LogP contribution in [-0.2, 0) is 9.84 Å². The zero-order chi connectivity index (χ0) is 12.1. The largest absolute Gasteiger partial charge is 0.223 e. The van der Waals surface area contributed by atoms with Gasteiger partial charge in [0.25, 0.3) is 0 Å². The molecule has 6 rings (SSSR count). The maximum atomic E-state index is 12.8. The van der Waals surface area contributed by atoms with Crippen LogP contribution in [0.15, 0.2) is 35.2 Å². The SMILES string of the molecule is O=S(=O)(c1ccccc1)C1CC2C3CC4C2C4C31. The molecule has 7 atom stereocenters. The normalized spacial score (nSPS) is 50.8. The van der Waals surface area contributed by atoms with E-state index in [2.05, 4.69) is 0 Å². The summed E-state index contributed by atoms with van der Waals surface area (Å²) in [5.74, 6) is 4.66. The van der Waals surface area contributed by atoms with E-state index < -0.39 is 9.84 Å². The molecule has 5 aliphatic carbocycles. The van der Waals surface area contributed by atoms with Gasteiger partial charge in [0.05, 0.1) is 10.1 Å². The fraction of sp³-hybridized carbons (Fsp3) is 0.600. The predicted octanol–water partition coefficient (Wildman–Crippen LogP) is 2.36. The van der Waals surface area contributed by atoms with Gasteiger partial charge < -0.3 is 0 Å². The first kappa shape index (κ1) is 10.0. The molecule has 5 fully saturated rings. The lowest BCUT2D eigenvalue weighted by atomic mass is 10.0. The maximum absolute atomic E-state index is 12.8. The van der Waals surface area contributed by atoms with E-state index in [9.17, 15) is 8.42 Å². The molecule has 2 nitrogen and oxygen atoms in total. The molecule has 0 spiro atoms. The zero-order valence-corrected chi connectivity index (χ0v) is 10.9. The van der Waals surface area contributed by atoms with E-state index in [0.29, 0.717) is 10.8 Å². The zero-order valence-electron chi connectivity index (χ0n) is 10.1. The van der Waals surface area contributed by atoms with Crippen LogP contribution in [0.3, 0.4) is 0 Å². The van der Waals surface area contributed by atoms with Crippen LogP contribution in [0.4, 0.5) is 0 Å². The Morgan fingerprint density at radius 1 is 0.833 bits per heavy atom. The second-order valence-corrected chi connectivity index (χ2v) is 8.76. The van der Waals surface area contributed by atoms with Crippen LogP contribution in [0.1, 0.15) is 12.8 Å². The van der Waals surface area contributed by atoms with Crippen molar-refractivity contribution in [3.63, 3.8) is 0 Å². The Morgan fingerprint density at radius 2 is 1.56 bits per heavy atom. The Hall–Kier alpha value is -0.830. The molecular weight excluding hydrogens is 244 g/mol. The third-order valence-electron chi connectivity index (χ3n) is 6.22. The van der Waals surface area contributed by atoms with Crippen molar-refractivity contribution in [2.45, 2.75) is 23.0 Å². The van der Waals surface area contributed by atoms with E-state index in [4.69, 9.17) is 0 Å². The molecular formula is C15H16O2S. The van der Waals surface area contributed by atoms with Crippen LogP contribution in [0, 0.1) is 35.5 Å². The summed E-state index contributed by atoms with van der Waals surface area (Å²) in [4.78, 5) is 0.539. The summed E-state index contributed by atoms with van der Waals surface area (Å²) in [7, 11) is -3.08. The first-order valence-electron chi connectivity index (χ1n) is 6.98. The van der Waals surface area contributed by atoms with E-state index in [0.717, 1.165) is 36.0 Å². The van der Waals surface area contributed by atoms with Crippen molar-refractivity contribution >= 4 is 9.84 Å². The second kappa shape index (κ2) is 2.84. The van der Waals surface area contributed by atoms with Gasteiger partial charge in [-0.15, -0.1) is 0 Å². The average molecular weight is 260 g/mol. The van der Waals surface area contributed by atoms with Gasteiger partial charge in [0.1, 0.15) is 0 Å². The first-order chi connectivity index (χ1) is 8.69. The number of benzene rings is 1. The molecule has 18 heavy (non-hydrogen) atoms. The summed E-state index contributed by atoms with van der Waals surface area (Å²) in [6.45, 7) is 0. The highest BCUT2D eigenvalue weighted by Gasteiger charge is 2.78. The molecule has 6 bridgehead atoms. The van der Waals surface area contributed by atoms with Gasteiger partial charge in [-0.05, 0) is 60.5 Å². The van der Waals surface area contributed by atoms with Crippen molar-refractivity contribution in [3.8, 4) is 0 Å². The van der Waals surface area contributed by atoms with Gasteiger partial charge in [-0.2, -0.15) is 0 Å². The van der Waals surface area contributed by atoms with Crippen LogP contribution in [-0.4, -0.2) is 13.7 Å². The Morgan fingerprint density at radius 3 is 2.17 bits per heavy atom. The molecule has 5 saturated carbocycles. The van der Waals surface area contributed by atoms with Crippen LogP contribution in [0.2, 0.25) is 0 Å². The quantitative estimate of drug-likeness (QED) is 0.818. The van der Waals surface area contributed by atoms with Gasteiger partial charge in [-0.25, -0.2) is 8.42 Å². The molecule has 0 radical (unpaired) electrons. The molecule has 0 heterocycles. The number of sulfone groups is 1. The van der Waals surface area contributed by atoms with Crippen LogP contribution in [0.25, 0.3) is 0 Å². The maximum Gasteiger partial charge on any atom is 0.181 e. The first-order valence-corrected chi connectivity index (χ1v) is 8.53. The van der Waals surface area contributed by atoms with Gasteiger partial charge in [0, 0.05) is 0 Å². The molecule has 7 unspecified atom stereocenters. The van der Waals surface area contributed by atoms with Crippen molar-refractivity contribution in [1.29, 1.82) is 0 Å². The predicted molar refractivity (Wildman–Crippen MR) is 67.6 cm³/mol. The Balaban J connectivity index is 1.58. The molecule has 0 aliphatic heterocycles. The second-order valence-electron chi connectivity index (χ2n) is 6.59. The lowest BCUT2D eigenvalue weighted by Crippen LogP contribution is -2.29. The topological polar surface area (TPSA) is 34.1 Å². The molecule has 5 aliphatic rings. The van der Waals surface area contributed by atoms with Gasteiger partial charge in [-0.1, -0.05) is 18.2 Å². The minimum atomic E-state index is -3.08. The van der Waals surface area contributed by atoms with Crippen molar-refractivity contribution in [2.75, 3.05) is 0 Å². The molecule has 0 aromatic heterocycles. The highest BCUT2D eigenvalue weighted by Crippen LogP contribution is 2.81. The minimum Gasteiger partial charge on any atom is -0.223 e. The van der Waals surface area contributed by atoms with E-state index in [1.807, 2.05) is 18.2 Å². The summed E-state index contributed by atoms with van der Waals surface area (Å²) < 4.78 is 25.5. The number of hydrogen-bond donors (Lipinski definition) is 0. The smallest absolute Gasteiger partial charge is 0.181 e. The Bertz CT molecular complexity index is 621. The van der Waals surface area contributed by atoms with Crippen LogP contribution < -0.4 is 0 Å². The van der Waals surface area contributed by atoms with Gasteiger partial charge >= 0.3 is 0 Å². The number of rotatable bonds is 2. The lowest BCUT2D eigenvalue weighted by Gasteiger charge is -2.21. The Labute approximate surface area is 107 Å². The molecule has 1 aromatic carbocycles. The van der Waals surface area contributed by atoms with Crippen molar-refractivity contribution < 1.29 is 8.42 Å². The van der Waals surface area contributed by atoms with Crippen LogP contribution in [0.5, 0.6) is 0 Å². The standard InChI is InChI=1S/C15H16O2S/c16-18(17,8-4-2-1-3-5-8)12-7-10-9-6-11-13(10)15(11)14(9)12/h1-5,9-15H,6-7H2. The number of hydrogen-bond acceptors (Lipinski definition) is 2. The summed E-state index contributed by atoms with van der Waals surface area (Å²) in [5, 5.41) is -0.0661. The average Bonchev–Trinajstić information content (AvgIpc) is 2.78. The highest BCUT2D eigenvalue weighted by molar-refractivity contribution is 7.92. The van der Waals surface area contributed by atoms with Crippen molar-refractivity contribution in [2.24, 2.45) is 35.5 Å². The third kappa shape index (κ3) is 0.932. The molecule has 0 amide bonds. The molecule has 1 aromatic rings. The van der Waals surface area contributed by atoms with E-state index in [-0.39, 0.29) is 5.25 Å². The highest BCUT2D eigenvalue weighted by atomic mass is 32.2. The monoisotopic (exact) mass is 260 g/mol. The summed E-state index contributed by atoms with van der Waals surface area (Å²) in [5.41, 5.74) is 0. The molecule has 0 N–H and O–H groups in total. The van der Waals surface area contributed by atoms with Crippen LogP contribution >= 0.6 is 0 Å². The van der Waals surface area contributed by atoms with Gasteiger partial charge in [0.2, 0.25) is 0 Å².